The van der Waals surface area contributed by atoms with Crippen molar-refractivity contribution in [1.82, 2.24) is 10.6 Å². The van der Waals surface area contributed by atoms with Gasteiger partial charge in [-0.1, -0.05) is 19.9 Å². The molecule has 1 heterocycles. The van der Waals surface area contributed by atoms with Crippen LogP contribution in [0.2, 0.25) is 0 Å². The molecule has 1 amide bonds. The van der Waals surface area contributed by atoms with E-state index in [9.17, 15) is 4.79 Å². The highest BCUT2D eigenvalue weighted by Gasteiger charge is 2.12. The van der Waals surface area contributed by atoms with Gasteiger partial charge in [-0.15, -0.1) is 0 Å². The van der Waals surface area contributed by atoms with Gasteiger partial charge < -0.3 is 15.5 Å². The third kappa shape index (κ3) is 4.23. The molecule has 4 heteroatoms. The fourth-order valence-corrected chi connectivity index (χ4v) is 2.34. The van der Waals surface area contributed by atoms with Crippen molar-refractivity contribution in [2.24, 2.45) is 5.92 Å². The molecule has 1 fully saturated rings. The van der Waals surface area contributed by atoms with Gasteiger partial charge in [-0.05, 0) is 30.5 Å². The molecule has 0 saturated carbocycles. The third-order valence-corrected chi connectivity index (χ3v) is 3.60. The summed E-state index contributed by atoms with van der Waals surface area (Å²) in [7, 11) is 0. The van der Waals surface area contributed by atoms with E-state index in [0.717, 1.165) is 50.4 Å². The van der Waals surface area contributed by atoms with Crippen LogP contribution in [0.15, 0.2) is 24.3 Å². The minimum absolute atomic E-state index is 0.0302. The minimum Gasteiger partial charge on any atom is -0.369 e. The Labute approximate surface area is 121 Å². The Bertz CT molecular complexity index is 439. The molecular formula is C16H25N3O. The number of anilines is 1. The number of nitrogens with one attached hydrogen (secondary N) is 2. The van der Waals surface area contributed by atoms with Crippen molar-refractivity contribution in [3.05, 3.63) is 29.8 Å². The maximum atomic E-state index is 12.1. The number of hydrogen-bond acceptors (Lipinski definition) is 3. The summed E-state index contributed by atoms with van der Waals surface area (Å²) in [6.07, 6.45) is 1.02. The maximum absolute atomic E-state index is 12.1. The quantitative estimate of drug-likeness (QED) is 0.862. The van der Waals surface area contributed by atoms with E-state index in [0.29, 0.717) is 5.92 Å². The van der Waals surface area contributed by atoms with E-state index in [4.69, 9.17) is 0 Å². The first kappa shape index (κ1) is 14.9. The molecule has 0 unspecified atom stereocenters. The van der Waals surface area contributed by atoms with Gasteiger partial charge in [0.2, 0.25) is 0 Å². The Hall–Kier alpha value is -1.55. The van der Waals surface area contributed by atoms with Gasteiger partial charge in [0.05, 0.1) is 0 Å². The molecule has 4 nitrogen and oxygen atoms in total. The lowest BCUT2D eigenvalue weighted by atomic mass is 10.1. The molecule has 1 saturated heterocycles. The van der Waals surface area contributed by atoms with Gasteiger partial charge in [-0.25, -0.2) is 0 Å². The number of benzene rings is 1. The highest BCUT2D eigenvalue weighted by Crippen LogP contribution is 2.16. The van der Waals surface area contributed by atoms with Gasteiger partial charge in [0.1, 0.15) is 0 Å². The number of nitrogens with zero attached hydrogens (tertiary/aromatic N) is 1. The lowest BCUT2D eigenvalue weighted by Crippen LogP contribution is -2.43. The summed E-state index contributed by atoms with van der Waals surface area (Å²) >= 11 is 0. The van der Waals surface area contributed by atoms with Crippen LogP contribution in [0.1, 0.15) is 30.6 Å². The van der Waals surface area contributed by atoms with Crippen LogP contribution in [-0.4, -0.2) is 38.6 Å². The number of rotatable bonds is 5. The van der Waals surface area contributed by atoms with Crippen molar-refractivity contribution in [1.29, 1.82) is 0 Å². The Morgan fingerprint density at radius 2 is 2.10 bits per heavy atom. The van der Waals surface area contributed by atoms with E-state index in [2.05, 4.69) is 35.4 Å². The van der Waals surface area contributed by atoms with Crippen LogP contribution < -0.4 is 15.5 Å². The van der Waals surface area contributed by atoms with Gasteiger partial charge in [0.25, 0.3) is 5.91 Å². The first-order chi connectivity index (χ1) is 9.66. The highest BCUT2D eigenvalue weighted by molar-refractivity contribution is 5.95. The molecule has 2 N–H and O–H groups in total. The average Bonchev–Trinajstić information content (AvgIpc) is 2.48. The molecule has 1 aromatic rings. The van der Waals surface area contributed by atoms with Crippen molar-refractivity contribution >= 4 is 11.6 Å². The van der Waals surface area contributed by atoms with Crippen molar-refractivity contribution in [2.45, 2.75) is 20.3 Å². The summed E-state index contributed by atoms with van der Waals surface area (Å²) in [5.41, 5.74) is 1.90. The summed E-state index contributed by atoms with van der Waals surface area (Å²) in [6.45, 7) is 9.08. The van der Waals surface area contributed by atoms with Gasteiger partial charge in [-0.3, -0.25) is 4.79 Å². The van der Waals surface area contributed by atoms with Gasteiger partial charge >= 0.3 is 0 Å². The molecule has 0 radical (unpaired) electrons. The Morgan fingerprint density at radius 3 is 2.80 bits per heavy atom. The fourth-order valence-electron chi connectivity index (χ4n) is 2.34. The van der Waals surface area contributed by atoms with Gasteiger partial charge in [0.15, 0.2) is 0 Å². The maximum Gasteiger partial charge on any atom is 0.251 e. The van der Waals surface area contributed by atoms with Gasteiger partial charge in [-0.2, -0.15) is 0 Å². The first-order valence-electron chi connectivity index (χ1n) is 7.51. The summed E-state index contributed by atoms with van der Waals surface area (Å²) < 4.78 is 0. The summed E-state index contributed by atoms with van der Waals surface area (Å²) in [5, 5.41) is 6.33. The monoisotopic (exact) mass is 275 g/mol. The van der Waals surface area contributed by atoms with E-state index >= 15 is 0 Å². The molecule has 0 atom stereocenters. The van der Waals surface area contributed by atoms with Crippen molar-refractivity contribution in [2.75, 3.05) is 37.6 Å². The Morgan fingerprint density at radius 1 is 1.35 bits per heavy atom. The average molecular weight is 275 g/mol. The zero-order chi connectivity index (χ0) is 14.4. The topological polar surface area (TPSA) is 44.4 Å². The van der Waals surface area contributed by atoms with Crippen LogP contribution in [0, 0.1) is 5.92 Å². The van der Waals surface area contributed by atoms with Crippen molar-refractivity contribution < 1.29 is 4.79 Å². The number of carbonyl (C=O) groups excluding carboxylic acids is 1. The molecule has 0 bridgehead atoms. The largest absolute Gasteiger partial charge is 0.369 e. The Balaban J connectivity index is 1.96. The van der Waals surface area contributed by atoms with Crippen LogP contribution in [0.25, 0.3) is 0 Å². The number of amides is 1. The normalized spacial score (nSPS) is 15.4. The lowest BCUT2D eigenvalue weighted by molar-refractivity contribution is 0.0952. The fraction of sp³-hybridized carbons (Fsp3) is 0.562. The molecule has 1 aromatic carbocycles. The van der Waals surface area contributed by atoms with E-state index in [1.807, 2.05) is 18.2 Å². The molecule has 0 aromatic heterocycles. The van der Waals surface area contributed by atoms with E-state index in [1.54, 1.807) is 0 Å². The van der Waals surface area contributed by atoms with E-state index in [1.165, 1.54) is 0 Å². The predicted molar refractivity (Wildman–Crippen MR) is 83.3 cm³/mol. The molecular weight excluding hydrogens is 250 g/mol. The Kier molecular flexibility index (Phi) is 5.41. The lowest BCUT2D eigenvalue weighted by Gasteiger charge is -2.29. The zero-order valence-electron chi connectivity index (χ0n) is 12.5. The summed E-state index contributed by atoms with van der Waals surface area (Å²) in [5.74, 6) is 0.644. The highest BCUT2D eigenvalue weighted by atomic mass is 16.1. The minimum atomic E-state index is 0.0302. The van der Waals surface area contributed by atoms with Gasteiger partial charge in [0, 0.05) is 44.0 Å². The second-order valence-corrected chi connectivity index (χ2v) is 5.73. The second-order valence-electron chi connectivity index (χ2n) is 5.73. The number of carbonyl (C=O) groups is 1. The molecule has 0 spiro atoms. The van der Waals surface area contributed by atoms with Crippen LogP contribution in [0.5, 0.6) is 0 Å². The first-order valence-corrected chi connectivity index (χ1v) is 7.51. The standard InChI is InChI=1S/C16H25N3O/c1-13(2)6-7-18-16(20)14-4-3-5-15(12-14)19-10-8-17-9-11-19/h3-5,12-13,17H,6-11H2,1-2H3,(H,18,20). The van der Waals surface area contributed by atoms with Crippen LogP contribution in [0.3, 0.4) is 0 Å². The molecule has 1 aliphatic rings. The number of hydrogen-bond donors (Lipinski definition) is 2. The predicted octanol–water partition coefficient (Wildman–Crippen LogP) is 1.87. The van der Waals surface area contributed by atoms with Crippen molar-refractivity contribution in [3.63, 3.8) is 0 Å². The summed E-state index contributed by atoms with van der Waals surface area (Å²) in [6, 6.07) is 7.93. The zero-order valence-corrected chi connectivity index (χ0v) is 12.5. The third-order valence-electron chi connectivity index (χ3n) is 3.60. The molecule has 0 aliphatic carbocycles. The molecule has 20 heavy (non-hydrogen) atoms. The molecule has 1 aliphatic heterocycles. The van der Waals surface area contributed by atoms with E-state index < -0.39 is 0 Å². The van der Waals surface area contributed by atoms with E-state index in [-0.39, 0.29) is 5.91 Å². The SMILES string of the molecule is CC(C)CCNC(=O)c1cccc(N2CCNCC2)c1. The van der Waals surface area contributed by atoms with Crippen molar-refractivity contribution in [3.8, 4) is 0 Å². The smallest absolute Gasteiger partial charge is 0.251 e. The van der Waals surface area contributed by atoms with Crippen LogP contribution >= 0.6 is 0 Å². The second kappa shape index (κ2) is 7.29. The van der Waals surface area contributed by atoms with Crippen LogP contribution in [-0.2, 0) is 0 Å². The molecule has 110 valence electrons. The van der Waals surface area contributed by atoms with Crippen LogP contribution in [0.4, 0.5) is 5.69 Å². The summed E-state index contributed by atoms with van der Waals surface area (Å²) in [4.78, 5) is 14.4. The molecule has 2 rings (SSSR count). The number of piperazine rings is 1.